The molecule has 0 aliphatic carbocycles. The molecule has 2 aromatic rings. The number of amides is 3. The molecule has 0 saturated carbocycles. The first-order chi connectivity index (χ1) is 20.8. The molecule has 11 nitrogen and oxygen atoms in total. The average molecular weight is 628 g/mol. The van der Waals surface area contributed by atoms with Gasteiger partial charge in [0.05, 0.1) is 24.2 Å². The number of Topliss-reactive ketones (excluding diaryl/α,β-unsaturated/α-hetero) is 1. The first-order valence-electron chi connectivity index (χ1n) is 14.4. The van der Waals surface area contributed by atoms with Crippen molar-refractivity contribution < 1.29 is 38.2 Å². The van der Waals surface area contributed by atoms with Crippen molar-refractivity contribution in [3.8, 4) is 0 Å². The van der Waals surface area contributed by atoms with E-state index in [-0.39, 0.29) is 25.5 Å². The van der Waals surface area contributed by atoms with Crippen molar-refractivity contribution in [2.24, 2.45) is 5.92 Å². The zero-order chi connectivity index (χ0) is 32.3. The van der Waals surface area contributed by atoms with E-state index in [1.807, 2.05) is 51.1 Å². The molecule has 1 aliphatic rings. The second-order valence-corrected chi connectivity index (χ2v) is 12.6. The van der Waals surface area contributed by atoms with Crippen LogP contribution in [0.5, 0.6) is 0 Å². The molecule has 44 heavy (non-hydrogen) atoms. The highest BCUT2D eigenvalue weighted by Gasteiger charge is 2.39. The van der Waals surface area contributed by atoms with Crippen LogP contribution in [0.4, 0.5) is 4.79 Å². The number of esters is 1. The summed E-state index contributed by atoms with van der Waals surface area (Å²) in [4.78, 5) is 67.0. The van der Waals surface area contributed by atoms with Crippen LogP contribution in [0, 0.1) is 5.92 Å². The summed E-state index contributed by atoms with van der Waals surface area (Å²) in [5, 5.41) is 5.38. The Hall–Kier alpha value is -3.90. The molecule has 2 aromatic carbocycles. The van der Waals surface area contributed by atoms with Gasteiger partial charge in [0.2, 0.25) is 11.8 Å². The number of ketones is 1. The highest BCUT2D eigenvalue weighted by atomic mass is 32.2. The topological polar surface area (TPSA) is 140 Å². The molecular formula is C32H41N3O8S. The van der Waals surface area contributed by atoms with E-state index in [1.54, 1.807) is 44.2 Å². The van der Waals surface area contributed by atoms with Gasteiger partial charge in [-0.05, 0) is 52.2 Å². The normalized spacial score (nSPS) is 16.1. The van der Waals surface area contributed by atoms with Crippen LogP contribution in [0.3, 0.4) is 0 Å². The maximum atomic E-state index is 13.8. The van der Waals surface area contributed by atoms with Crippen LogP contribution in [0.25, 0.3) is 0 Å². The SMILES string of the molecule is CC(C)OC(=O)C(=O)[C@H](Cc1ccccc1)C(=O)N[C@H]1CSCN1C(=O)[C@H](COC(C)(C)C)NC(=O)OCc1ccccc1. The molecule has 1 heterocycles. The monoisotopic (exact) mass is 627 g/mol. The molecule has 1 saturated heterocycles. The summed E-state index contributed by atoms with van der Waals surface area (Å²) in [6.45, 7) is 8.58. The number of ether oxygens (including phenoxy) is 3. The molecule has 1 aliphatic heterocycles. The molecule has 0 unspecified atom stereocenters. The van der Waals surface area contributed by atoms with E-state index in [2.05, 4.69) is 10.6 Å². The Morgan fingerprint density at radius 3 is 2.16 bits per heavy atom. The summed E-state index contributed by atoms with van der Waals surface area (Å²) in [5.74, 6) is -4.06. The lowest BCUT2D eigenvalue weighted by Crippen LogP contribution is -2.57. The van der Waals surface area contributed by atoms with Gasteiger partial charge < -0.3 is 29.7 Å². The summed E-state index contributed by atoms with van der Waals surface area (Å²) in [6.07, 6.45) is -2.16. The van der Waals surface area contributed by atoms with Crippen LogP contribution in [0.2, 0.25) is 0 Å². The van der Waals surface area contributed by atoms with Crippen molar-refractivity contribution in [1.29, 1.82) is 0 Å². The summed E-state index contributed by atoms with van der Waals surface area (Å²) < 4.78 is 16.2. The number of hydrogen-bond acceptors (Lipinski definition) is 9. The standard InChI is InChI=1S/C32H41N3O8S/c1-21(2)43-30(39)27(36)24(16-22-12-8-6-9-13-22)28(37)34-26-19-44-20-35(26)29(38)25(18-42-32(3,4)5)33-31(40)41-17-23-14-10-7-11-15-23/h6-15,21,24-26H,16-20H2,1-5H3,(H,33,40)(H,34,37)/t24-,25-,26+/m0/s1. The van der Waals surface area contributed by atoms with Gasteiger partial charge in [0, 0.05) is 5.75 Å². The maximum absolute atomic E-state index is 13.8. The molecule has 0 radical (unpaired) electrons. The maximum Gasteiger partial charge on any atom is 0.408 e. The van der Waals surface area contributed by atoms with Gasteiger partial charge in [-0.15, -0.1) is 11.8 Å². The van der Waals surface area contributed by atoms with Crippen LogP contribution >= 0.6 is 11.8 Å². The average Bonchev–Trinajstić information content (AvgIpc) is 3.44. The Morgan fingerprint density at radius 1 is 0.955 bits per heavy atom. The zero-order valence-electron chi connectivity index (χ0n) is 25.7. The van der Waals surface area contributed by atoms with E-state index in [9.17, 15) is 24.0 Å². The lowest BCUT2D eigenvalue weighted by molar-refractivity contribution is -0.160. The number of carbonyl (C=O) groups is 5. The molecule has 3 amide bonds. The van der Waals surface area contributed by atoms with E-state index >= 15 is 0 Å². The van der Waals surface area contributed by atoms with E-state index in [4.69, 9.17) is 14.2 Å². The Bertz CT molecular complexity index is 1280. The predicted octanol–water partition coefficient (Wildman–Crippen LogP) is 3.45. The number of carbonyl (C=O) groups excluding carboxylic acids is 5. The lowest BCUT2D eigenvalue weighted by atomic mass is 9.94. The summed E-state index contributed by atoms with van der Waals surface area (Å²) in [7, 11) is 0. The summed E-state index contributed by atoms with van der Waals surface area (Å²) in [5.41, 5.74) is 0.869. The van der Waals surface area contributed by atoms with E-state index in [0.29, 0.717) is 11.3 Å². The van der Waals surface area contributed by atoms with Crippen molar-refractivity contribution >= 4 is 41.4 Å². The van der Waals surface area contributed by atoms with Gasteiger partial charge in [0.15, 0.2) is 0 Å². The largest absolute Gasteiger partial charge is 0.457 e. The number of alkyl carbamates (subject to hydrolysis) is 1. The molecule has 3 rings (SSSR count). The van der Waals surface area contributed by atoms with Gasteiger partial charge in [0.25, 0.3) is 5.78 Å². The molecule has 0 bridgehead atoms. The quantitative estimate of drug-likeness (QED) is 0.194. The van der Waals surface area contributed by atoms with Crippen molar-refractivity contribution in [2.75, 3.05) is 18.2 Å². The molecule has 12 heteroatoms. The number of benzene rings is 2. The highest BCUT2D eigenvalue weighted by Crippen LogP contribution is 2.22. The summed E-state index contributed by atoms with van der Waals surface area (Å²) in [6, 6.07) is 16.9. The molecule has 1 fully saturated rings. The fourth-order valence-electron chi connectivity index (χ4n) is 4.23. The predicted molar refractivity (Wildman–Crippen MR) is 165 cm³/mol. The second-order valence-electron chi connectivity index (χ2n) is 11.6. The molecule has 2 N–H and O–H groups in total. The van der Waals surface area contributed by atoms with Crippen molar-refractivity contribution in [3.05, 3.63) is 71.8 Å². The Labute approximate surface area is 262 Å². The minimum Gasteiger partial charge on any atom is -0.457 e. The summed E-state index contributed by atoms with van der Waals surface area (Å²) >= 11 is 1.40. The molecule has 3 atom stereocenters. The molecule has 238 valence electrons. The smallest absolute Gasteiger partial charge is 0.408 e. The third kappa shape index (κ3) is 11.0. The fraction of sp³-hybridized carbons (Fsp3) is 0.469. The van der Waals surface area contributed by atoms with E-state index in [0.717, 1.165) is 5.56 Å². The van der Waals surface area contributed by atoms with Gasteiger partial charge in [-0.2, -0.15) is 0 Å². The molecule has 0 spiro atoms. The molecular weight excluding hydrogens is 586 g/mol. The second kappa shape index (κ2) is 16.2. The minimum atomic E-state index is -1.36. The van der Waals surface area contributed by atoms with Gasteiger partial charge in [0.1, 0.15) is 24.7 Å². The fourth-order valence-corrected chi connectivity index (χ4v) is 5.32. The number of nitrogens with zero attached hydrogens (tertiary/aromatic N) is 1. The van der Waals surface area contributed by atoms with Crippen molar-refractivity contribution in [1.82, 2.24) is 15.5 Å². The van der Waals surface area contributed by atoms with Gasteiger partial charge in [-0.3, -0.25) is 14.4 Å². The van der Waals surface area contributed by atoms with Crippen molar-refractivity contribution in [2.45, 2.75) is 71.6 Å². The van der Waals surface area contributed by atoms with Crippen LogP contribution in [-0.2, 0) is 46.4 Å². The first kappa shape index (κ1) is 34.6. The Morgan fingerprint density at radius 2 is 1.57 bits per heavy atom. The number of rotatable bonds is 13. The number of nitrogens with one attached hydrogen (secondary N) is 2. The zero-order valence-corrected chi connectivity index (χ0v) is 26.6. The highest BCUT2D eigenvalue weighted by molar-refractivity contribution is 7.99. The van der Waals surface area contributed by atoms with Gasteiger partial charge >= 0.3 is 12.1 Å². The molecule has 0 aromatic heterocycles. The Balaban J connectivity index is 1.74. The van der Waals surface area contributed by atoms with Crippen LogP contribution in [0.15, 0.2) is 60.7 Å². The number of hydrogen-bond donors (Lipinski definition) is 2. The van der Waals surface area contributed by atoms with Crippen LogP contribution in [-0.4, -0.2) is 76.7 Å². The van der Waals surface area contributed by atoms with Gasteiger partial charge in [-0.1, -0.05) is 60.7 Å². The third-order valence-corrected chi connectivity index (χ3v) is 7.43. The third-order valence-electron chi connectivity index (χ3n) is 6.42. The minimum absolute atomic E-state index is 0.0159. The van der Waals surface area contributed by atoms with Crippen LogP contribution < -0.4 is 10.6 Å². The van der Waals surface area contributed by atoms with Crippen molar-refractivity contribution in [3.63, 3.8) is 0 Å². The van der Waals surface area contributed by atoms with Gasteiger partial charge in [-0.25, -0.2) is 9.59 Å². The van der Waals surface area contributed by atoms with E-state index in [1.165, 1.54) is 16.7 Å². The number of thioether (sulfide) groups is 1. The van der Waals surface area contributed by atoms with Crippen LogP contribution in [0.1, 0.15) is 45.7 Å². The Kier molecular flexibility index (Phi) is 12.8. The first-order valence-corrected chi connectivity index (χ1v) is 15.6. The lowest BCUT2D eigenvalue weighted by Gasteiger charge is -2.31. The van der Waals surface area contributed by atoms with E-state index < -0.39 is 59.5 Å².